The lowest BCUT2D eigenvalue weighted by Crippen LogP contribution is -2.21. The van der Waals surface area contributed by atoms with Gasteiger partial charge in [-0.3, -0.25) is 0 Å². The van der Waals surface area contributed by atoms with E-state index in [1.165, 1.54) is 16.7 Å². The molecular weight excluding hydrogens is 210 g/mol. The van der Waals surface area contributed by atoms with Gasteiger partial charge in [-0.15, -0.1) is 0 Å². The predicted molar refractivity (Wildman–Crippen MR) is 73.4 cm³/mol. The van der Waals surface area contributed by atoms with Crippen molar-refractivity contribution in [3.05, 3.63) is 34.9 Å². The average molecular weight is 235 g/mol. The van der Waals surface area contributed by atoms with Crippen molar-refractivity contribution < 1.29 is 4.74 Å². The average Bonchev–Trinajstić information content (AvgIpc) is 2.27. The molecule has 0 bridgehead atoms. The van der Waals surface area contributed by atoms with Crippen LogP contribution in [0.25, 0.3) is 0 Å². The molecule has 0 spiro atoms. The van der Waals surface area contributed by atoms with Gasteiger partial charge in [-0.05, 0) is 46.2 Å². The zero-order valence-corrected chi connectivity index (χ0v) is 11.5. The molecule has 0 radical (unpaired) electrons. The summed E-state index contributed by atoms with van der Waals surface area (Å²) in [5.41, 5.74) is 4.05. The predicted octanol–water partition coefficient (Wildman–Crippen LogP) is 3.38. The van der Waals surface area contributed by atoms with Crippen LogP contribution in [0, 0.1) is 13.8 Å². The van der Waals surface area contributed by atoms with Gasteiger partial charge in [0.2, 0.25) is 0 Å². The van der Waals surface area contributed by atoms with Gasteiger partial charge in [0.15, 0.2) is 0 Å². The number of ether oxygens (including phenoxy) is 1. The van der Waals surface area contributed by atoms with Crippen molar-refractivity contribution in [2.24, 2.45) is 0 Å². The highest BCUT2D eigenvalue weighted by atomic mass is 16.5. The first kappa shape index (κ1) is 14.2. The normalized spacial score (nSPS) is 12.7. The molecule has 0 aliphatic carbocycles. The van der Waals surface area contributed by atoms with Crippen LogP contribution in [-0.2, 0) is 4.74 Å². The molecule has 1 aromatic rings. The zero-order chi connectivity index (χ0) is 12.7. The Kier molecular flexibility index (Phi) is 6.23. The van der Waals surface area contributed by atoms with Crippen LogP contribution in [0.4, 0.5) is 0 Å². The number of hydrogen-bond acceptors (Lipinski definition) is 2. The molecule has 2 heteroatoms. The molecule has 96 valence electrons. The zero-order valence-electron chi connectivity index (χ0n) is 11.5. The van der Waals surface area contributed by atoms with Crippen LogP contribution in [0.15, 0.2) is 18.2 Å². The summed E-state index contributed by atoms with van der Waals surface area (Å²) in [6.45, 7) is 11.2. The van der Waals surface area contributed by atoms with Gasteiger partial charge in [-0.1, -0.05) is 29.3 Å². The molecule has 0 saturated carbocycles. The first-order valence-electron chi connectivity index (χ1n) is 6.52. The van der Waals surface area contributed by atoms with Crippen LogP contribution >= 0.6 is 0 Å². The van der Waals surface area contributed by atoms with E-state index >= 15 is 0 Å². The van der Waals surface area contributed by atoms with Gasteiger partial charge in [-0.2, -0.15) is 0 Å². The summed E-state index contributed by atoms with van der Waals surface area (Å²) in [6.07, 6.45) is 1.07. The fourth-order valence-corrected chi connectivity index (χ4v) is 2.01. The second-order valence-electron chi connectivity index (χ2n) is 4.65. The van der Waals surface area contributed by atoms with Gasteiger partial charge in [0.25, 0.3) is 0 Å². The minimum absolute atomic E-state index is 0.412. The monoisotopic (exact) mass is 235 g/mol. The van der Waals surface area contributed by atoms with Crippen molar-refractivity contribution in [1.82, 2.24) is 5.32 Å². The summed E-state index contributed by atoms with van der Waals surface area (Å²) < 4.78 is 5.32. The lowest BCUT2D eigenvalue weighted by atomic mass is 10.0. The van der Waals surface area contributed by atoms with E-state index in [9.17, 15) is 0 Å². The van der Waals surface area contributed by atoms with Gasteiger partial charge in [-0.25, -0.2) is 0 Å². The third kappa shape index (κ3) is 5.33. The Labute approximate surface area is 105 Å². The number of nitrogens with one attached hydrogen (secondary N) is 1. The van der Waals surface area contributed by atoms with Crippen molar-refractivity contribution in [2.75, 3.05) is 19.8 Å². The van der Waals surface area contributed by atoms with E-state index < -0.39 is 0 Å². The molecule has 0 fully saturated rings. The minimum Gasteiger partial charge on any atom is -0.382 e. The Morgan fingerprint density at radius 1 is 1.18 bits per heavy atom. The van der Waals surface area contributed by atoms with E-state index in [1.54, 1.807) is 0 Å². The van der Waals surface area contributed by atoms with Crippen LogP contribution in [0.2, 0.25) is 0 Å². The van der Waals surface area contributed by atoms with Gasteiger partial charge in [0.05, 0.1) is 0 Å². The van der Waals surface area contributed by atoms with E-state index in [-0.39, 0.29) is 0 Å². The Morgan fingerprint density at radius 3 is 2.41 bits per heavy atom. The molecule has 0 heterocycles. The fourth-order valence-electron chi connectivity index (χ4n) is 2.01. The molecule has 0 aliphatic heterocycles. The molecule has 0 aliphatic rings. The second-order valence-corrected chi connectivity index (χ2v) is 4.65. The van der Waals surface area contributed by atoms with Crippen LogP contribution in [0.5, 0.6) is 0 Å². The number of aryl methyl sites for hydroxylation is 2. The van der Waals surface area contributed by atoms with Crippen LogP contribution in [0.1, 0.15) is 43.0 Å². The molecule has 1 unspecified atom stereocenters. The SMILES string of the molecule is CCOCCCNC(C)c1cc(C)cc(C)c1. The van der Waals surface area contributed by atoms with Gasteiger partial charge in [0, 0.05) is 19.3 Å². The maximum absolute atomic E-state index is 5.32. The minimum atomic E-state index is 0.412. The number of benzene rings is 1. The van der Waals surface area contributed by atoms with Crippen molar-refractivity contribution in [1.29, 1.82) is 0 Å². The van der Waals surface area contributed by atoms with E-state index in [0.717, 1.165) is 26.2 Å². The maximum atomic E-state index is 5.32. The van der Waals surface area contributed by atoms with Gasteiger partial charge < -0.3 is 10.1 Å². The Morgan fingerprint density at radius 2 is 1.82 bits per heavy atom. The molecule has 1 aromatic carbocycles. The summed E-state index contributed by atoms with van der Waals surface area (Å²) in [7, 11) is 0. The first-order chi connectivity index (χ1) is 8.13. The molecule has 0 saturated heterocycles. The molecule has 0 aromatic heterocycles. The lowest BCUT2D eigenvalue weighted by molar-refractivity contribution is 0.144. The van der Waals surface area contributed by atoms with E-state index in [2.05, 4.69) is 44.3 Å². The Hall–Kier alpha value is -0.860. The van der Waals surface area contributed by atoms with Crippen LogP contribution in [0.3, 0.4) is 0 Å². The fraction of sp³-hybridized carbons (Fsp3) is 0.600. The highest BCUT2D eigenvalue weighted by Gasteiger charge is 2.05. The van der Waals surface area contributed by atoms with Crippen LogP contribution in [-0.4, -0.2) is 19.8 Å². The summed E-state index contributed by atoms with van der Waals surface area (Å²) >= 11 is 0. The summed E-state index contributed by atoms with van der Waals surface area (Å²) in [6, 6.07) is 7.14. The van der Waals surface area contributed by atoms with Crippen molar-refractivity contribution >= 4 is 0 Å². The topological polar surface area (TPSA) is 21.3 Å². The number of hydrogen-bond donors (Lipinski definition) is 1. The van der Waals surface area contributed by atoms with Crippen molar-refractivity contribution in [3.63, 3.8) is 0 Å². The second kappa shape index (κ2) is 7.46. The smallest absolute Gasteiger partial charge is 0.0477 e. The molecule has 1 atom stereocenters. The number of rotatable bonds is 7. The molecular formula is C15H25NO. The van der Waals surface area contributed by atoms with Gasteiger partial charge >= 0.3 is 0 Å². The Bertz CT molecular complexity index is 315. The largest absolute Gasteiger partial charge is 0.382 e. The maximum Gasteiger partial charge on any atom is 0.0477 e. The molecule has 2 nitrogen and oxygen atoms in total. The highest BCUT2D eigenvalue weighted by Crippen LogP contribution is 2.16. The summed E-state index contributed by atoms with van der Waals surface area (Å²) in [5, 5.41) is 3.53. The Balaban J connectivity index is 2.38. The molecule has 1 rings (SSSR count). The van der Waals surface area contributed by atoms with Crippen molar-refractivity contribution in [3.8, 4) is 0 Å². The van der Waals surface area contributed by atoms with Crippen molar-refractivity contribution in [2.45, 2.75) is 40.2 Å². The highest BCUT2D eigenvalue weighted by molar-refractivity contribution is 5.30. The molecule has 0 amide bonds. The standard InChI is InChI=1S/C15H25NO/c1-5-17-8-6-7-16-14(4)15-10-12(2)9-13(3)11-15/h9-11,14,16H,5-8H2,1-4H3. The van der Waals surface area contributed by atoms with E-state index in [4.69, 9.17) is 4.74 Å². The third-order valence-electron chi connectivity index (χ3n) is 2.86. The van der Waals surface area contributed by atoms with E-state index in [1.807, 2.05) is 6.92 Å². The third-order valence-corrected chi connectivity index (χ3v) is 2.86. The lowest BCUT2D eigenvalue weighted by Gasteiger charge is -2.15. The van der Waals surface area contributed by atoms with Crippen LogP contribution < -0.4 is 5.32 Å². The van der Waals surface area contributed by atoms with E-state index in [0.29, 0.717) is 6.04 Å². The quantitative estimate of drug-likeness (QED) is 0.732. The first-order valence-corrected chi connectivity index (χ1v) is 6.52. The summed E-state index contributed by atoms with van der Waals surface area (Å²) in [4.78, 5) is 0. The molecule has 17 heavy (non-hydrogen) atoms. The summed E-state index contributed by atoms with van der Waals surface area (Å²) in [5.74, 6) is 0. The van der Waals surface area contributed by atoms with Gasteiger partial charge in [0.1, 0.15) is 0 Å². The molecule has 1 N–H and O–H groups in total.